The third-order valence-corrected chi connectivity index (χ3v) is 8.00. The lowest BCUT2D eigenvalue weighted by molar-refractivity contribution is -0.118. The second kappa shape index (κ2) is 8.98. The van der Waals surface area contributed by atoms with E-state index in [9.17, 15) is 4.79 Å². The molecule has 1 amide bonds. The van der Waals surface area contributed by atoms with Crippen molar-refractivity contribution in [3.63, 3.8) is 0 Å². The Kier molecular flexibility index (Phi) is 6.05. The van der Waals surface area contributed by atoms with Crippen molar-refractivity contribution >= 4 is 45.5 Å². The van der Waals surface area contributed by atoms with Crippen LogP contribution in [0.1, 0.15) is 61.8 Å². The number of thiophene rings is 1. The number of aliphatic imine (C=N–C) groups is 2. The van der Waals surface area contributed by atoms with Gasteiger partial charge in [0.05, 0.1) is 11.6 Å². The molecule has 9 nitrogen and oxygen atoms in total. The number of nitrogens with two attached hydrogens (primary N) is 1. The minimum atomic E-state index is -0.275. The summed E-state index contributed by atoms with van der Waals surface area (Å²) in [5.41, 5.74) is 6.71. The Bertz CT molecular complexity index is 1120. The van der Waals surface area contributed by atoms with E-state index in [-0.39, 0.29) is 24.1 Å². The van der Waals surface area contributed by atoms with Crippen LogP contribution in [0, 0.1) is 0 Å². The van der Waals surface area contributed by atoms with E-state index in [0.717, 1.165) is 54.3 Å². The second-order valence-electron chi connectivity index (χ2n) is 9.44. The number of carbonyl (C=O) groups excluding carboxylic acids is 1. The van der Waals surface area contributed by atoms with Crippen molar-refractivity contribution in [2.24, 2.45) is 15.7 Å². The van der Waals surface area contributed by atoms with Gasteiger partial charge in [0.1, 0.15) is 22.9 Å². The first-order valence-electron chi connectivity index (χ1n) is 11.7. The maximum atomic E-state index is 11.7. The van der Waals surface area contributed by atoms with Crippen LogP contribution in [0.15, 0.2) is 9.98 Å². The standard InChI is InChI=1S/C23H31N7O2S/c1-12-25-11-18(26-12)27-23-28-21(32-15-7-5-14(6-8-15)30(2)3)20-19-13(10-17(24)31)4-9-16(19)33-22(20)29-23/h11-15H,4-10H2,1-3H3,(H2,24,31)(H,26,27,28,29). The number of amidine groups is 1. The summed E-state index contributed by atoms with van der Waals surface area (Å²) in [7, 11) is 4.28. The van der Waals surface area contributed by atoms with Crippen molar-refractivity contribution in [3.8, 4) is 5.88 Å². The Morgan fingerprint density at radius 2 is 2.03 bits per heavy atom. The molecule has 0 saturated heterocycles. The molecule has 3 heterocycles. The van der Waals surface area contributed by atoms with Crippen LogP contribution in [0.2, 0.25) is 0 Å². The Balaban J connectivity index is 1.49. The molecular weight excluding hydrogens is 438 g/mol. The van der Waals surface area contributed by atoms with Crippen molar-refractivity contribution in [1.82, 2.24) is 14.9 Å². The lowest BCUT2D eigenvalue weighted by Gasteiger charge is -2.32. The molecule has 2 unspecified atom stereocenters. The summed E-state index contributed by atoms with van der Waals surface area (Å²) < 4.78 is 6.57. The molecule has 176 valence electrons. The van der Waals surface area contributed by atoms with E-state index in [4.69, 9.17) is 20.4 Å². The van der Waals surface area contributed by atoms with Crippen molar-refractivity contribution < 1.29 is 9.53 Å². The van der Waals surface area contributed by atoms with Crippen LogP contribution in [-0.4, -0.2) is 65.2 Å². The summed E-state index contributed by atoms with van der Waals surface area (Å²) in [6.07, 6.45) is 8.12. The van der Waals surface area contributed by atoms with Crippen LogP contribution in [0.5, 0.6) is 5.88 Å². The molecule has 0 bridgehead atoms. The third kappa shape index (κ3) is 4.59. The van der Waals surface area contributed by atoms with Gasteiger partial charge in [-0.25, -0.2) is 9.98 Å². The number of nitrogens with one attached hydrogen (secondary N) is 1. The van der Waals surface area contributed by atoms with Crippen LogP contribution >= 0.6 is 11.3 Å². The molecule has 0 spiro atoms. The molecule has 10 heteroatoms. The van der Waals surface area contributed by atoms with Gasteiger partial charge in [0.2, 0.25) is 17.7 Å². The fourth-order valence-corrected chi connectivity index (χ4v) is 6.42. The summed E-state index contributed by atoms with van der Waals surface area (Å²) in [6, 6.07) is 0.597. The first-order chi connectivity index (χ1) is 15.9. The topological polar surface area (TPSA) is 118 Å². The highest BCUT2D eigenvalue weighted by atomic mass is 32.1. The molecule has 5 rings (SSSR count). The minimum Gasteiger partial charge on any atom is -0.474 e. The fraction of sp³-hybridized carbons (Fsp3) is 0.609. The molecule has 2 aromatic heterocycles. The molecule has 2 aliphatic carbocycles. The van der Waals surface area contributed by atoms with Crippen molar-refractivity contribution in [2.45, 2.75) is 76.1 Å². The Morgan fingerprint density at radius 1 is 1.24 bits per heavy atom. The highest BCUT2D eigenvalue weighted by Crippen LogP contribution is 2.48. The number of aryl methyl sites for hydroxylation is 1. The highest BCUT2D eigenvalue weighted by molar-refractivity contribution is 7.19. The number of hydrogen-bond donors (Lipinski definition) is 2. The zero-order valence-corrected chi connectivity index (χ0v) is 20.2. The predicted octanol–water partition coefficient (Wildman–Crippen LogP) is 3.09. The lowest BCUT2D eigenvalue weighted by atomic mass is 9.92. The summed E-state index contributed by atoms with van der Waals surface area (Å²) in [5, 5.41) is 4.15. The average Bonchev–Trinajstić information content (AvgIpc) is 3.44. The van der Waals surface area contributed by atoms with Gasteiger partial charge in [-0.05, 0) is 71.0 Å². The molecule has 1 fully saturated rings. The SMILES string of the molecule is CC1N=CC(Nc2nc(OC3CCC(N(C)C)CC3)c3c4c(sc3n2)CCC4CC(N)=O)=N1. The number of aromatic nitrogens is 2. The van der Waals surface area contributed by atoms with Crippen LogP contribution in [-0.2, 0) is 11.2 Å². The fourth-order valence-electron chi connectivity index (χ4n) is 5.15. The van der Waals surface area contributed by atoms with Crippen LogP contribution in [0.25, 0.3) is 10.2 Å². The Morgan fingerprint density at radius 3 is 2.70 bits per heavy atom. The van der Waals surface area contributed by atoms with Gasteiger partial charge in [-0.3, -0.25) is 9.79 Å². The van der Waals surface area contributed by atoms with Gasteiger partial charge in [0, 0.05) is 17.3 Å². The number of fused-ring (bicyclic) bond motifs is 3. The zero-order valence-electron chi connectivity index (χ0n) is 19.4. The summed E-state index contributed by atoms with van der Waals surface area (Å²) in [4.78, 5) is 34.4. The van der Waals surface area contributed by atoms with E-state index in [1.807, 2.05) is 6.92 Å². The van der Waals surface area contributed by atoms with Crippen molar-refractivity contribution in [2.75, 3.05) is 19.4 Å². The summed E-state index contributed by atoms with van der Waals surface area (Å²) >= 11 is 1.67. The maximum Gasteiger partial charge on any atom is 0.233 e. The van der Waals surface area contributed by atoms with Gasteiger partial charge in [0.25, 0.3) is 0 Å². The number of ether oxygens (including phenoxy) is 1. The number of amides is 1. The number of carbonyl (C=O) groups is 1. The smallest absolute Gasteiger partial charge is 0.233 e. The Hall–Kier alpha value is -2.59. The highest BCUT2D eigenvalue weighted by Gasteiger charge is 2.33. The minimum absolute atomic E-state index is 0.0982. The van der Waals surface area contributed by atoms with Gasteiger partial charge < -0.3 is 20.7 Å². The molecule has 3 N–H and O–H groups in total. The molecule has 3 aliphatic rings. The summed E-state index contributed by atoms with van der Waals surface area (Å²) in [5.74, 6) is 1.55. The number of primary amides is 1. The van der Waals surface area contributed by atoms with Crippen LogP contribution in [0.4, 0.5) is 5.95 Å². The Labute approximate surface area is 197 Å². The van der Waals surface area contributed by atoms with E-state index in [1.165, 1.54) is 4.88 Å². The van der Waals surface area contributed by atoms with Gasteiger partial charge >= 0.3 is 0 Å². The molecule has 1 aliphatic heterocycles. The monoisotopic (exact) mass is 469 g/mol. The van der Waals surface area contributed by atoms with Gasteiger partial charge in [-0.1, -0.05) is 0 Å². The molecule has 2 atom stereocenters. The first-order valence-corrected chi connectivity index (χ1v) is 12.5. The second-order valence-corrected chi connectivity index (χ2v) is 10.5. The number of hydrogen-bond acceptors (Lipinski definition) is 9. The molecule has 1 saturated carbocycles. The van der Waals surface area contributed by atoms with Gasteiger partial charge in [-0.2, -0.15) is 4.98 Å². The van der Waals surface area contributed by atoms with Gasteiger partial charge in [-0.15, -0.1) is 11.3 Å². The van der Waals surface area contributed by atoms with Crippen LogP contribution in [0.3, 0.4) is 0 Å². The zero-order chi connectivity index (χ0) is 23.1. The predicted molar refractivity (Wildman–Crippen MR) is 132 cm³/mol. The molecule has 0 radical (unpaired) electrons. The third-order valence-electron chi connectivity index (χ3n) is 6.84. The van der Waals surface area contributed by atoms with E-state index < -0.39 is 0 Å². The van der Waals surface area contributed by atoms with Crippen molar-refractivity contribution in [3.05, 3.63) is 10.4 Å². The maximum absolute atomic E-state index is 11.7. The largest absolute Gasteiger partial charge is 0.474 e. The number of rotatable bonds is 6. The van der Waals surface area contributed by atoms with Crippen molar-refractivity contribution in [1.29, 1.82) is 0 Å². The van der Waals surface area contributed by atoms with Gasteiger partial charge in [0.15, 0.2) is 0 Å². The van der Waals surface area contributed by atoms with E-state index in [0.29, 0.717) is 30.1 Å². The van der Waals surface area contributed by atoms with E-state index in [2.05, 4.69) is 34.3 Å². The lowest BCUT2D eigenvalue weighted by Crippen LogP contribution is -2.35. The van der Waals surface area contributed by atoms with E-state index in [1.54, 1.807) is 17.6 Å². The number of anilines is 1. The first kappa shape index (κ1) is 22.2. The quantitative estimate of drug-likeness (QED) is 0.671. The average molecular weight is 470 g/mol. The molecule has 33 heavy (non-hydrogen) atoms. The van der Waals surface area contributed by atoms with Crippen LogP contribution < -0.4 is 15.8 Å². The van der Waals surface area contributed by atoms with E-state index >= 15 is 0 Å². The summed E-state index contributed by atoms with van der Waals surface area (Å²) in [6.45, 7) is 1.93. The molecule has 2 aromatic rings. The molecule has 0 aromatic carbocycles. The normalized spacial score (nSPS) is 26.6. The number of nitrogens with zero attached hydrogens (tertiary/aromatic N) is 5. The molecular formula is C23H31N7O2S.